The van der Waals surface area contributed by atoms with E-state index < -0.39 is 17.5 Å². The number of benzene rings is 2. The number of amides is 1. The molecule has 5 nitrogen and oxygen atoms in total. The Labute approximate surface area is 173 Å². The minimum Gasteiger partial charge on any atom is -0.493 e. The van der Waals surface area contributed by atoms with E-state index in [9.17, 15) is 18.0 Å². The van der Waals surface area contributed by atoms with E-state index in [0.29, 0.717) is 23.6 Å². The van der Waals surface area contributed by atoms with Crippen LogP contribution in [0.3, 0.4) is 0 Å². The van der Waals surface area contributed by atoms with Gasteiger partial charge in [0.15, 0.2) is 16.9 Å². The predicted molar refractivity (Wildman–Crippen MR) is 106 cm³/mol. The number of likely N-dealkylation sites (tertiary alicyclic amines) is 1. The fourth-order valence-corrected chi connectivity index (χ4v) is 3.85. The molecule has 1 aliphatic rings. The predicted octanol–water partition coefficient (Wildman–Crippen LogP) is 3.77. The summed E-state index contributed by atoms with van der Waals surface area (Å²) in [5, 5.41) is 2.48. The van der Waals surface area contributed by atoms with Crippen LogP contribution >= 0.6 is 0 Å². The summed E-state index contributed by atoms with van der Waals surface area (Å²) in [5.41, 5.74) is -0.980. The van der Waals surface area contributed by atoms with Crippen molar-refractivity contribution in [3.8, 4) is 11.5 Å². The first kappa shape index (κ1) is 22.0. The molecule has 2 aromatic rings. The smallest absolute Gasteiger partial charge is 0.404 e. The molecular weight excluding hydrogens is 397 g/mol. The Bertz CT molecular complexity index is 874. The molecule has 1 amide bonds. The van der Waals surface area contributed by atoms with Crippen LogP contribution in [-0.2, 0) is 17.9 Å². The Balaban J connectivity index is 1.74. The standard InChI is InChI=1S/C22H25F3N2O3/c1-29-18-10-6-9-17(19(18)30-2)13-26-20(28)21(22(23,24)25)11-12-27(15-21)14-16-7-4-3-5-8-16/h3-10H,11-15H2,1-2H3,(H,26,28). The van der Waals surface area contributed by atoms with Crippen LogP contribution in [0.5, 0.6) is 11.5 Å². The van der Waals surface area contributed by atoms with Gasteiger partial charge in [0, 0.05) is 25.2 Å². The molecule has 0 aliphatic carbocycles. The monoisotopic (exact) mass is 422 g/mol. The summed E-state index contributed by atoms with van der Waals surface area (Å²) in [6.07, 6.45) is -4.93. The molecule has 0 radical (unpaired) electrons. The summed E-state index contributed by atoms with van der Waals surface area (Å²) >= 11 is 0. The van der Waals surface area contributed by atoms with Crippen LogP contribution in [0.15, 0.2) is 48.5 Å². The number of nitrogens with zero attached hydrogens (tertiary/aromatic N) is 1. The molecule has 1 atom stereocenters. The van der Waals surface area contributed by atoms with Crippen molar-refractivity contribution in [1.82, 2.24) is 10.2 Å². The molecule has 2 aromatic carbocycles. The van der Waals surface area contributed by atoms with E-state index >= 15 is 0 Å². The van der Waals surface area contributed by atoms with Gasteiger partial charge in [-0.1, -0.05) is 42.5 Å². The van der Waals surface area contributed by atoms with Crippen molar-refractivity contribution in [3.05, 3.63) is 59.7 Å². The van der Waals surface area contributed by atoms with Crippen LogP contribution in [0, 0.1) is 5.41 Å². The zero-order chi connectivity index (χ0) is 21.8. The molecule has 0 spiro atoms. The van der Waals surface area contributed by atoms with E-state index in [0.717, 1.165) is 5.56 Å². The maximum absolute atomic E-state index is 14.0. The van der Waals surface area contributed by atoms with Crippen LogP contribution in [0.1, 0.15) is 17.5 Å². The first-order chi connectivity index (χ1) is 14.3. The van der Waals surface area contributed by atoms with Crippen LogP contribution in [0.25, 0.3) is 0 Å². The highest BCUT2D eigenvalue weighted by atomic mass is 19.4. The molecule has 1 fully saturated rings. The number of para-hydroxylation sites is 1. The third kappa shape index (κ3) is 4.38. The molecule has 1 saturated heterocycles. The quantitative estimate of drug-likeness (QED) is 0.738. The Morgan fingerprint density at radius 1 is 1.10 bits per heavy atom. The van der Waals surface area contributed by atoms with E-state index in [4.69, 9.17) is 9.47 Å². The van der Waals surface area contributed by atoms with Crippen molar-refractivity contribution < 1.29 is 27.4 Å². The van der Waals surface area contributed by atoms with Crippen molar-refractivity contribution in [2.45, 2.75) is 25.7 Å². The lowest BCUT2D eigenvalue weighted by Crippen LogP contribution is -2.52. The van der Waals surface area contributed by atoms with E-state index in [1.807, 2.05) is 30.3 Å². The molecule has 0 saturated carbocycles. The molecule has 0 aromatic heterocycles. The number of hydrogen-bond acceptors (Lipinski definition) is 4. The summed E-state index contributed by atoms with van der Waals surface area (Å²) < 4.78 is 52.6. The largest absolute Gasteiger partial charge is 0.493 e. The highest BCUT2D eigenvalue weighted by Gasteiger charge is 2.62. The van der Waals surface area contributed by atoms with Gasteiger partial charge in [0.25, 0.3) is 0 Å². The number of carbonyl (C=O) groups is 1. The number of halogens is 3. The van der Waals surface area contributed by atoms with Crippen LogP contribution < -0.4 is 14.8 Å². The Kier molecular flexibility index (Phi) is 6.55. The molecule has 8 heteroatoms. The maximum atomic E-state index is 14.0. The molecule has 1 unspecified atom stereocenters. The molecule has 1 aliphatic heterocycles. The minimum atomic E-state index is -4.65. The number of carbonyl (C=O) groups excluding carboxylic acids is 1. The number of rotatable bonds is 7. The number of nitrogens with one attached hydrogen (secondary N) is 1. The normalized spacial score (nSPS) is 19.5. The zero-order valence-electron chi connectivity index (χ0n) is 17.0. The SMILES string of the molecule is COc1cccc(CNC(=O)C2(C(F)(F)F)CCN(Cc3ccccc3)C2)c1OC. The lowest BCUT2D eigenvalue weighted by molar-refractivity contribution is -0.218. The third-order valence-corrected chi connectivity index (χ3v) is 5.50. The lowest BCUT2D eigenvalue weighted by Gasteiger charge is -2.30. The van der Waals surface area contributed by atoms with Gasteiger partial charge >= 0.3 is 6.18 Å². The Morgan fingerprint density at radius 2 is 1.83 bits per heavy atom. The van der Waals surface area contributed by atoms with Gasteiger partial charge in [-0.2, -0.15) is 13.2 Å². The lowest BCUT2D eigenvalue weighted by atomic mass is 9.85. The first-order valence-electron chi connectivity index (χ1n) is 9.62. The van der Waals surface area contributed by atoms with Crippen molar-refractivity contribution in [1.29, 1.82) is 0 Å². The minimum absolute atomic E-state index is 0.0876. The van der Waals surface area contributed by atoms with Gasteiger partial charge in [-0.05, 0) is 24.6 Å². The molecule has 162 valence electrons. The van der Waals surface area contributed by atoms with Gasteiger partial charge < -0.3 is 14.8 Å². The molecular formula is C22H25F3N2O3. The van der Waals surface area contributed by atoms with Gasteiger partial charge in [-0.15, -0.1) is 0 Å². The first-order valence-corrected chi connectivity index (χ1v) is 9.62. The average Bonchev–Trinajstić information content (AvgIpc) is 3.17. The van der Waals surface area contributed by atoms with Crippen molar-refractivity contribution in [3.63, 3.8) is 0 Å². The molecule has 0 bridgehead atoms. The van der Waals surface area contributed by atoms with Crippen LogP contribution in [-0.4, -0.2) is 44.3 Å². The average molecular weight is 422 g/mol. The van der Waals surface area contributed by atoms with Gasteiger partial charge in [0.1, 0.15) is 0 Å². The van der Waals surface area contributed by atoms with Crippen molar-refractivity contribution in [2.75, 3.05) is 27.3 Å². The number of hydrogen-bond donors (Lipinski definition) is 1. The zero-order valence-corrected chi connectivity index (χ0v) is 17.0. The van der Waals surface area contributed by atoms with Crippen molar-refractivity contribution in [2.24, 2.45) is 5.41 Å². The van der Waals surface area contributed by atoms with E-state index in [-0.39, 0.29) is 26.1 Å². The van der Waals surface area contributed by atoms with Gasteiger partial charge in [-0.25, -0.2) is 0 Å². The second-order valence-electron chi connectivity index (χ2n) is 7.36. The molecule has 1 N–H and O–H groups in total. The molecule has 1 heterocycles. The van der Waals surface area contributed by atoms with Gasteiger partial charge in [0.05, 0.1) is 14.2 Å². The topological polar surface area (TPSA) is 50.8 Å². The summed E-state index contributed by atoms with van der Waals surface area (Å²) in [5.74, 6) is -0.182. The highest BCUT2D eigenvalue weighted by molar-refractivity contribution is 5.84. The fourth-order valence-electron chi connectivity index (χ4n) is 3.85. The molecule has 3 rings (SSSR count). The Hall–Kier alpha value is -2.74. The van der Waals surface area contributed by atoms with E-state index in [1.165, 1.54) is 14.2 Å². The fraction of sp³-hybridized carbons (Fsp3) is 0.409. The number of methoxy groups -OCH3 is 2. The van der Waals surface area contributed by atoms with Crippen LogP contribution in [0.4, 0.5) is 13.2 Å². The van der Waals surface area contributed by atoms with E-state index in [2.05, 4.69) is 5.32 Å². The maximum Gasteiger partial charge on any atom is 0.404 e. The summed E-state index contributed by atoms with van der Waals surface area (Å²) in [6.45, 7) is 0.113. The summed E-state index contributed by atoms with van der Waals surface area (Å²) in [6, 6.07) is 14.3. The summed E-state index contributed by atoms with van der Waals surface area (Å²) in [4.78, 5) is 14.5. The Morgan fingerprint density at radius 3 is 2.47 bits per heavy atom. The second-order valence-corrected chi connectivity index (χ2v) is 7.36. The molecule has 30 heavy (non-hydrogen) atoms. The highest BCUT2D eigenvalue weighted by Crippen LogP contribution is 2.46. The third-order valence-electron chi connectivity index (χ3n) is 5.50. The number of alkyl halides is 3. The second kappa shape index (κ2) is 8.95. The van der Waals surface area contributed by atoms with E-state index in [1.54, 1.807) is 23.1 Å². The van der Waals surface area contributed by atoms with Gasteiger partial charge in [0.2, 0.25) is 5.91 Å². The van der Waals surface area contributed by atoms with Gasteiger partial charge in [-0.3, -0.25) is 9.69 Å². The number of ether oxygens (including phenoxy) is 2. The summed E-state index contributed by atoms with van der Waals surface area (Å²) in [7, 11) is 2.91. The van der Waals surface area contributed by atoms with Crippen molar-refractivity contribution >= 4 is 5.91 Å². The van der Waals surface area contributed by atoms with Crippen LogP contribution in [0.2, 0.25) is 0 Å².